The van der Waals surface area contributed by atoms with Crippen molar-refractivity contribution in [2.24, 2.45) is 0 Å². The van der Waals surface area contributed by atoms with Crippen molar-refractivity contribution >= 4 is 17.3 Å². The fourth-order valence-corrected chi connectivity index (χ4v) is 1.70. The van der Waals surface area contributed by atoms with E-state index in [-0.39, 0.29) is 0 Å². The Hall–Kier alpha value is -2.98. The lowest BCUT2D eigenvalue weighted by Crippen LogP contribution is -2.39. The summed E-state index contributed by atoms with van der Waals surface area (Å²) in [7, 11) is 0. The molecule has 8 nitrogen and oxygen atoms in total. The number of alkyl halides is 3. The zero-order chi connectivity index (χ0) is 17.8. The molecule has 1 rings (SSSR count). The fourth-order valence-electron chi connectivity index (χ4n) is 1.70. The molecule has 1 aromatic rings. The summed E-state index contributed by atoms with van der Waals surface area (Å²) in [6.07, 6.45) is -3.67. The van der Waals surface area contributed by atoms with Crippen LogP contribution >= 0.6 is 0 Å². The van der Waals surface area contributed by atoms with Crippen LogP contribution in [0.15, 0.2) is 30.9 Å². The second-order valence-electron chi connectivity index (χ2n) is 4.34. The average Bonchev–Trinajstić information content (AvgIpc) is 2.44. The van der Waals surface area contributed by atoms with Gasteiger partial charge in [0.2, 0.25) is 0 Å². The summed E-state index contributed by atoms with van der Waals surface area (Å²) in [5.41, 5.74) is -2.13. The molecule has 0 aromatic heterocycles. The third-order valence-electron chi connectivity index (χ3n) is 2.58. The molecule has 0 fully saturated rings. The summed E-state index contributed by atoms with van der Waals surface area (Å²) in [6.45, 7) is 1.13. The Morgan fingerprint density at radius 2 is 1.65 bits per heavy atom. The van der Waals surface area contributed by atoms with E-state index in [1.54, 1.807) is 0 Å². The topological polar surface area (TPSA) is 107 Å². The summed E-state index contributed by atoms with van der Waals surface area (Å²) >= 11 is 0. The molecule has 0 aliphatic carbocycles. The number of rotatable bonds is 6. The summed E-state index contributed by atoms with van der Waals surface area (Å²) in [5.74, 6) is -1.23. The van der Waals surface area contributed by atoms with Crippen LogP contribution in [0.2, 0.25) is 0 Å². The minimum atomic E-state index is -4.70. The van der Waals surface area contributed by atoms with Gasteiger partial charge in [0.1, 0.15) is 6.54 Å². The molecular weight excluding hydrogens is 323 g/mol. The van der Waals surface area contributed by atoms with E-state index in [1.165, 1.54) is 0 Å². The number of non-ortho nitro benzene ring substituents is 2. The highest BCUT2D eigenvalue weighted by atomic mass is 19.4. The third kappa shape index (κ3) is 5.05. The van der Waals surface area contributed by atoms with Gasteiger partial charge in [-0.15, -0.1) is 6.58 Å². The number of benzene rings is 1. The number of carbonyl (C=O) groups is 1. The quantitative estimate of drug-likeness (QED) is 0.452. The normalized spacial score (nSPS) is 10.9. The van der Waals surface area contributed by atoms with Crippen molar-refractivity contribution in [1.82, 2.24) is 4.90 Å². The van der Waals surface area contributed by atoms with Gasteiger partial charge in [-0.05, 0) is 0 Å². The van der Waals surface area contributed by atoms with Gasteiger partial charge in [-0.2, -0.15) is 13.2 Å². The first-order valence-electron chi connectivity index (χ1n) is 5.96. The number of hydrogen-bond donors (Lipinski definition) is 0. The lowest BCUT2D eigenvalue weighted by atomic mass is 10.1. The molecule has 0 bridgehead atoms. The first kappa shape index (κ1) is 18.1. The van der Waals surface area contributed by atoms with Crippen LogP contribution in [0.3, 0.4) is 0 Å². The van der Waals surface area contributed by atoms with E-state index in [9.17, 15) is 38.2 Å². The minimum absolute atomic E-state index is 0.329. The van der Waals surface area contributed by atoms with Crippen molar-refractivity contribution in [3.8, 4) is 0 Å². The fraction of sp³-hybridized carbons (Fsp3) is 0.250. The van der Waals surface area contributed by atoms with Crippen molar-refractivity contribution in [3.05, 3.63) is 56.6 Å². The number of nitrogens with zero attached hydrogens (tertiary/aromatic N) is 3. The lowest BCUT2D eigenvalue weighted by molar-refractivity contribution is -0.394. The lowest BCUT2D eigenvalue weighted by Gasteiger charge is -2.22. The molecule has 0 aliphatic heterocycles. The van der Waals surface area contributed by atoms with Crippen LogP contribution in [0.25, 0.3) is 0 Å². The van der Waals surface area contributed by atoms with E-state index in [2.05, 4.69) is 6.58 Å². The summed E-state index contributed by atoms with van der Waals surface area (Å²) < 4.78 is 37.4. The molecule has 0 unspecified atom stereocenters. The number of nitro benzene ring substituents is 2. The molecule has 11 heteroatoms. The summed E-state index contributed by atoms with van der Waals surface area (Å²) in [4.78, 5) is 31.9. The standard InChI is InChI=1S/C12H10F3N3O5/c1-2-3-16(7-12(13,14)15)11(19)8-4-9(17(20)21)6-10(5-8)18(22)23/h2,4-6H,1,3,7H2. The second kappa shape index (κ2) is 6.85. The van der Waals surface area contributed by atoms with Gasteiger partial charge in [0, 0.05) is 18.7 Å². The van der Waals surface area contributed by atoms with E-state index in [1.807, 2.05) is 0 Å². The van der Waals surface area contributed by atoms with Gasteiger partial charge >= 0.3 is 6.18 Å². The molecule has 1 amide bonds. The molecule has 0 heterocycles. The van der Waals surface area contributed by atoms with Gasteiger partial charge in [-0.3, -0.25) is 25.0 Å². The van der Waals surface area contributed by atoms with Gasteiger partial charge in [0.05, 0.1) is 21.5 Å². The van der Waals surface area contributed by atoms with Gasteiger partial charge in [-0.1, -0.05) is 6.08 Å². The van der Waals surface area contributed by atoms with E-state index < -0.39 is 52.0 Å². The highest BCUT2D eigenvalue weighted by molar-refractivity contribution is 5.95. The largest absolute Gasteiger partial charge is 0.406 e. The molecular formula is C12H10F3N3O5. The van der Waals surface area contributed by atoms with Crippen molar-refractivity contribution in [1.29, 1.82) is 0 Å². The number of carbonyl (C=O) groups excluding carboxylic acids is 1. The molecule has 1 aromatic carbocycles. The average molecular weight is 333 g/mol. The zero-order valence-electron chi connectivity index (χ0n) is 11.4. The maximum absolute atomic E-state index is 12.5. The van der Waals surface area contributed by atoms with E-state index >= 15 is 0 Å². The highest BCUT2D eigenvalue weighted by Crippen LogP contribution is 2.25. The highest BCUT2D eigenvalue weighted by Gasteiger charge is 2.33. The van der Waals surface area contributed by atoms with Gasteiger partial charge in [0.25, 0.3) is 17.3 Å². The SMILES string of the molecule is C=CCN(CC(F)(F)F)C(=O)c1cc([N+](=O)[O-])cc([N+](=O)[O-])c1. The van der Waals surface area contributed by atoms with Crippen LogP contribution in [0.4, 0.5) is 24.5 Å². The third-order valence-corrected chi connectivity index (χ3v) is 2.58. The first-order chi connectivity index (χ1) is 10.5. The van der Waals surface area contributed by atoms with Crippen LogP contribution < -0.4 is 0 Å². The Kier molecular flexibility index (Phi) is 5.38. The first-order valence-corrected chi connectivity index (χ1v) is 5.96. The molecule has 0 spiro atoms. The second-order valence-corrected chi connectivity index (χ2v) is 4.34. The monoisotopic (exact) mass is 333 g/mol. The Labute approximate surface area is 127 Å². The smallest absolute Gasteiger partial charge is 0.326 e. The molecule has 0 atom stereocenters. The Morgan fingerprint density at radius 3 is 2.00 bits per heavy atom. The predicted octanol–water partition coefficient (Wildman–Crippen LogP) is 2.69. The Bertz CT molecular complexity index is 628. The predicted molar refractivity (Wildman–Crippen MR) is 71.9 cm³/mol. The number of hydrogen-bond acceptors (Lipinski definition) is 5. The molecule has 0 N–H and O–H groups in total. The van der Waals surface area contributed by atoms with Crippen molar-refractivity contribution < 1.29 is 27.8 Å². The number of amides is 1. The molecule has 23 heavy (non-hydrogen) atoms. The maximum atomic E-state index is 12.5. The number of nitro groups is 2. The van der Waals surface area contributed by atoms with Gasteiger partial charge < -0.3 is 4.90 Å². The minimum Gasteiger partial charge on any atom is -0.326 e. The van der Waals surface area contributed by atoms with Crippen LogP contribution in [0, 0.1) is 20.2 Å². The molecule has 0 aliphatic rings. The van der Waals surface area contributed by atoms with Gasteiger partial charge in [-0.25, -0.2) is 0 Å². The van der Waals surface area contributed by atoms with Crippen LogP contribution in [0.1, 0.15) is 10.4 Å². The van der Waals surface area contributed by atoms with E-state index in [0.29, 0.717) is 23.1 Å². The Morgan fingerprint density at radius 1 is 1.17 bits per heavy atom. The van der Waals surface area contributed by atoms with Crippen LogP contribution in [0.5, 0.6) is 0 Å². The summed E-state index contributed by atoms with van der Waals surface area (Å²) in [5, 5.41) is 21.5. The Balaban J connectivity index is 3.30. The van der Waals surface area contributed by atoms with Crippen molar-refractivity contribution in [2.45, 2.75) is 6.18 Å². The molecule has 0 saturated carbocycles. The zero-order valence-corrected chi connectivity index (χ0v) is 11.4. The summed E-state index contributed by atoms with van der Waals surface area (Å²) in [6, 6.07) is 1.97. The van der Waals surface area contributed by atoms with Crippen molar-refractivity contribution in [2.75, 3.05) is 13.1 Å². The molecule has 124 valence electrons. The van der Waals surface area contributed by atoms with Crippen molar-refractivity contribution in [3.63, 3.8) is 0 Å². The van der Waals surface area contributed by atoms with Crippen LogP contribution in [-0.2, 0) is 0 Å². The number of halogens is 3. The molecule has 0 saturated heterocycles. The molecule has 0 radical (unpaired) electrons. The van der Waals surface area contributed by atoms with Gasteiger partial charge in [0.15, 0.2) is 0 Å². The maximum Gasteiger partial charge on any atom is 0.406 e. The van der Waals surface area contributed by atoms with Crippen LogP contribution in [-0.4, -0.2) is 39.9 Å². The van der Waals surface area contributed by atoms with E-state index in [4.69, 9.17) is 0 Å². The van der Waals surface area contributed by atoms with E-state index in [0.717, 1.165) is 6.08 Å².